The molecule has 0 saturated carbocycles. The molecule has 0 aliphatic carbocycles. The molecule has 82 valence electrons. The zero-order chi connectivity index (χ0) is 10.6. The van der Waals surface area contributed by atoms with Crippen LogP contribution in [0.1, 0.15) is 32.1 Å². The van der Waals surface area contributed by atoms with Crippen molar-refractivity contribution in [1.29, 1.82) is 0 Å². The van der Waals surface area contributed by atoms with E-state index in [2.05, 4.69) is 11.9 Å². The van der Waals surface area contributed by atoms with Crippen LogP contribution in [0.15, 0.2) is 0 Å². The largest absolute Gasteiger partial charge is 0.480 e. The number of rotatable bonds is 4. The van der Waals surface area contributed by atoms with Crippen LogP contribution < -0.4 is 5.73 Å². The van der Waals surface area contributed by atoms with Crippen LogP contribution in [-0.4, -0.2) is 41.7 Å². The quantitative estimate of drug-likeness (QED) is 0.699. The number of likely N-dealkylation sites (tertiary alicyclic amines) is 1. The highest BCUT2D eigenvalue weighted by atomic mass is 16.4. The summed E-state index contributed by atoms with van der Waals surface area (Å²) >= 11 is 0. The molecule has 1 heterocycles. The molecule has 0 bridgehead atoms. The molecule has 3 N–H and O–H groups in total. The number of carboxylic acids is 1. The van der Waals surface area contributed by atoms with Crippen molar-refractivity contribution >= 4 is 5.97 Å². The number of nitrogens with two attached hydrogens (primary N) is 1. The average molecular weight is 200 g/mol. The third-order valence-corrected chi connectivity index (χ3v) is 3.05. The lowest BCUT2D eigenvalue weighted by Gasteiger charge is -2.32. The van der Waals surface area contributed by atoms with Crippen molar-refractivity contribution in [3.05, 3.63) is 0 Å². The third kappa shape index (κ3) is 3.27. The van der Waals surface area contributed by atoms with E-state index in [-0.39, 0.29) is 0 Å². The van der Waals surface area contributed by atoms with Crippen LogP contribution in [-0.2, 0) is 4.79 Å². The molecular weight excluding hydrogens is 180 g/mol. The molecular formula is C10H20N2O2. The molecule has 1 rings (SSSR count). The van der Waals surface area contributed by atoms with Crippen LogP contribution >= 0.6 is 0 Å². The molecule has 1 fully saturated rings. The molecule has 4 nitrogen and oxygen atoms in total. The first-order valence-electron chi connectivity index (χ1n) is 5.30. The van der Waals surface area contributed by atoms with Crippen molar-refractivity contribution in [1.82, 2.24) is 4.90 Å². The van der Waals surface area contributed by atoms with Crippen LogP contribution in [0, 0.1) is 0 Å². The Hall–Kier alpha value is -0.610. The van der Waals surface area contributed by atoms with E-state index >= 15 is 0 Å². The Bertz CT molecular complexity index is 197. The van der Waals surface area contributed by atoms with Gasteiger partial charge >= 0.3 is 5.97 Å². The van der Waals surface area contributed by atoms with E-state index in [1.165, 1.54) is 19.3 Å². The van der Waals surface area contributed by atoms with Crippen molar-refractivity contribution in [2.24, 2.45) is 5.73 Å². The van der Waals surface area contributed by atoms with Crippen LogP contribution in [0.3, 0.4) is 0 Å². The van der Waals surface area contributed by atoms with Crippen molar-refractivity contribution in [3.63, 3.8) is 0 Å². The fourth-order valence-corrected chi connectivity index (χ4v) is 2.00. The number of carboxylic acid groups (broad SMARTS) is 1. The topological polar surface area (TPSA) is 66.6 Å². The summed E-state index contributed by atoms with van der Waals surface area (Å²) in [7, 11) is 2.11. The number of hydrogen-bond donors (Lipinski definition) is 2. The van der Waals surface area contributed by atoms with Crippen LogP contribution in [0.5, 0.6) is 0 Å². The Morgan fingerprint density at radius 3 is 2.93 bits per heavy atom. The van der Waals surface area contributed by atoms with Crippen molar-refractivity contribution < 1.29 is 9.90 Å². The van der Waals surface area contributed by atoms with Gasteiger partial charge < -0.3 is 15.7 Å². The summed E-state index contributed by atoms with van der Waals surface area (Å²) in [5.41, 5.74) is 5.46. The van der Waals surface area contributed by atoms with Crippen LogP contribution in [0.25, 0.3) is 0 Å². The second-order valence-electron chi connectivity index (χ2n) is 4.15. The molecule has 1 aliphatic rings. The maximum absolute atomic E-state index is 10.5. The third-order valence-electron chi connectivity index (χ3n) is 3.05. The standard InChI is InChI=1S/C10H20N2O2/c1-12-7-3-2-4-8(12)5-6-9(11)10(13)14/h8-9H,2-7,11H2,1H3,(H,13,14)/t8?,9-/m0/s1. The zero-order valence-corrected chi connectivity index (χ0v) is 8.78. The van der Waals surface area contributed by atoms with Gasteiger partial charge in [0, 0.05) is 6.04 Å². The molecule has 0 amide bonds. The van der Waals surface area contributed by atoms with E-state index in [9.17, 15) is 4.79 Å². The highest BCUT2D eigenvalue weighted by Gasteiger charge is 2.20. The maximum atomic E-state index is 10.5. The minimum Gasteiger partial charge on any atom is -0.480 e. The second-order valence-corrected chi connectivity index (χ2v) is 4.15. The first kappa shape index (κ1) is 11.5. The number of hydrogen-bond acceptors (Lipinski definition) is 3. The molecule has 0 spiro atoms. The monoisotopic (exact) mass is 200 g/mol. The minimum absolute atomic E-state index is 0.536. The van der Waals surface area contributed by atoms with Gasteiger partial charge in [0.25, 0.3) is 0 Å². The Labute approximate surface area is 85.1 Å². The molecule has 0 aromatic rings. The lowest BCUT2D eigenvalue weighted by atomic mass is 9.97. The molecule has 1 unspecified atom stereocenters. The van der Waals surface area contributed by atoms with E-state index in [4.69, 9.17) is 10.8 Å². The molecule has 1 aliphatic heterocycles. The Morgan fingerprint density at radius 1 is 1.64 bits per heavy atom. The summed E-state index contributed by atoms with van der Waals surface area (Å²) in [6.07, 6.45) is 5.20. The highest BCUT2D eigenvalue weighted by Crippen LogP contribution is 2.19. The summed E-state index contributed by atoms with van der Waals surface area (Å²) < 4.78 is 0. The zero-order valence-electron chi connectivity index (χ0n) is 8.78. The van der Waals surface area contributed by atoms with Crippen LogP contribution in [0.4, 0.5) is 0 Å². The van der Waals surface area contributed by atoms with Gasteiger partial charge in [-0.05, 0) is 39.3 Å². The number of nitrogens with zero attached hydrogens (tertiary/aromatic N) is 1. The molecule has 4 heteroatoms. The fraction of sp³-hybridized carbons (Fsp3) is 0.900. The smallest absolute Gasteiger partial charge is 0.320 e. The van der Waals surface area contributed by atoms with E-state index in [1.807, 2.05) is 0 Å². The van der Waals surface area contributed by atoms with Gasteiger partial charge in [-0.15, -0.1) is 0 Å². The Kier molecular flexibility index (Phi) is 4.35. The second kappa shape index (κ2) is 5.32. The van der Waals surface area contributed by atoms with Crippen LogP contribution in [0.2, 0.25) is 0 Å². The highest BCUT2D eigenvalue weighted by molar-refractivity contribution is 5.72. The van der Waals surface area contributed by atoms with Gasteiger partial charge in [0.1, 0.15) is 6.04 Å². The summed E-state index contributed by atoms with van der Waals surface area (Å²) in [6.45, 7) is 1.13. The predicted molar refractivity (Wildman–Crippen MR) is 55.1 cm³/mol. The Morgan fingerprint density at radius 2 is 2.36 bits per heavy atom. The van der Waals surface area contributed by atoms with Gasteiger partial charge in [-0.25, -0.2) is 0 Å². The van der Waals surface area contributed by atoms with Gasteiger partial charge in [0.05, 0.1) is 0 Å². The normalized spacial score (nSPS) is 26.0. The predicted octanol–water partition coefficient (Wildman–Crippen LogP) is 0.663. The summed E-state index contributed by atoms with van der Waals surface area (Å²) in [5.74, 6) is -0.886. The van der Waals surface area contributed by atoms with Crippen molar-refractivity contribution in [3.8, 4) is 0 Å². The summed E-state index contributed by atoms with van der Waals surface area (Å²) in [4.78, 5) is 12.8. The average Bonchev–Trinajstić information content (AvgIpc) is 2.16. The van der Waals surface area contributed by atoms with E-state index in [0.717, 1.165) is 13.0 Å². The molecule has 2 atom stereocenters. The molecule has 14 heavy (non-hydrogen) atoms. The Balaban J connectivity index is 2.25. The fourth-order valence-electron chi connectivity index (χ4n) is 2.00. The summed E-state index contributed by atoms with van der Waals surface area (Å²) in [6, 6.07) is -0.153. The summed E-state index contributed by atoms with van der Waals surface area (Å²) in [5, 5.41) is 8.64. The van der Waals surface area contributed by atoms with Gasteiger partial charge in [-0.1, -0.05) is 6.42 Å². The van der Waals surface area contributed by atoms with Crippen molar-refractivity contribution in [2.45, 2.75) is 44.2 Å². The number of aliphatic carboxylic acids is 1. The van der Waals surface area contributed by atoms with Gasteiger partial charge in [-0.2, -0.15) is 0 Å². The molecule has 1 saturated heterocycles. The van der Waals surface area contributed by atoms with E-state index in [1.54, 1.807) is 0 Å². The van der Waals surface area contributed by atoms with Crippen molar-refractivity contribution in [2.75, 3.05) is 13.6 Å². The van der Waals surface area contributed by atoms with E-state index < -0.39 is 12.0 Å². The number of carbonyl (C=O) groups is 1. The first-order valence-corrected chi connectivity index (χ1v) is 5.30. The molecule has 0 aromatic heterocycles. The lowest BCUT2D eigenvalue weighted by molar-refractivity contribution is -0.138. The van der Waals surface area contributed by atoms with Gasteiger partial charge in [0.15, 0.2) is 0 Å². The van der Waals surface area contributed by atoms with Gasteiger partial charge in [0.2, 0.25) is 0 Å². The minimum atomic E-state index is -0.886. The maximum Gasteiger partial charge on any atom is 0.320 e. The molecule has 0 aromatic carbocycles. The SMILES string of the molecule is CN1CCCCC1CC[C@H](N)C(=O)O. The molecule has 0 radical (unpaired) electrons. The number of piperidine rings is 1. The first-order chi connectivity index (χ1) is 6.61. The lowest BCUT2D eigenvalue weighted by Crippen LogP contribution is -2.38. The van der Waals surface area contributed by atoms with Gasteiger partial charge in [-0.3, -0.25) is 4.79 Å². The van der Waals surface area contributed by atoms with E-state index in [0.29, 0.717) is 12.5 Å².